The Balaban J connectivity index is 1.90. The van der Waals surface area contributed by atoms with E-state index in [1.165, 1.54) is 0 Å². The monoisotopic (exact) mass is 223 g/mol. The van der Waals surface area contributed by atoms with E-state index in [2.05, 4.69) is 0 Å². The van der Waals surface area contributed by atoms with Gasteiger partial charge in [-0.3, -0.25) is 0 Å². The second-order valence-corrected chi connectivity index (χ2v) is 4.02. The molecule has 0 aromatic heterocycles. The van der Waals surface area contributed by atoms with Gasteiger partial charge in [0.05, 0.1) is 25.9 Å². The molecule has 1 aromatic rings. The first-order valence-electron chi connectivity index (χ1n) is 5.48. The molecule has 4 heteroatoms. The minimum Gasteiger partial charge on any atom is -0.508 e. The van der Waals surface area contributed by atoms with Crippen molar-refractivity contribution in [1.82, 2.24) is 0 Å². The quantitative estimate of drug-likeness (QED) is 0.790. The maximum absolute atomic E-state index is 9.16. The predicted molar refractivity (Wildman–Crippen MR) is 60.3 cm³/mol. The third-order valence-electron chi connectivity index (χ3n) is 2.73. The van der Waals surface area contributed by atoms with Crippen molar-refractivity contribution in [2.75, 3.05) is 19.8 Å². The smallest absolute Gasteiger partial charge is 0.115 e. The molecule has 1 aliphatic heterocycles. The van der Waals surface area contributed by atoms with Crippen LogP contribution in [0.5, 0.6) is 5.75 Å². The first kappa shape index (κ1) is 11.4. The van der Waals surface area contributed by atoms with Gasteiger partial charge in [0.15, 0.2) is 0 Å². The van der Waals surface area contributed by atoms with Gasteiger partial charge in [0.25, 0.3) is 0 Å². The molecule has 0 aliphatic carbocycles. The first-order valence-corrected chi connectivity index (χ1v) is 5.48. The van der Waals surface area contributed by atoms with Gasteiger partial charge < -0.3 is 20.3 Å². The summed E-state index contributed by atoms with van der Waals surface area (Å²) in [6.45, 7) is 1.84. The number of hydrogen-bond donors (Lipinski definition) is 2. The molecule has 1 heterocycles. The van der Waals surface area contributed by atoms with Crippen molar-refractivity contribution in [1.29, 1.82) is 0 Å². The molecule has 4 nitrogen and oxygen atoms in total. The van der Waals surface area contributed by atoms with Crippen LogP contribution in [-0.2, 0) is 15.9 Å². The minimum atomic E-state index is -0.0650. The van der Waals surface area contributed by atoms with Gasteiger partial charge in [0, 0.05) is 6.04 Å². The molecular formula is C12H17NO3. The van der Waals surface area contributed by atoms with E-state index in [1.807, 2.05) is 12.1 Å². The molecule has 0 radical (unpaired) electrons. The van der Waals surface area contributed by atoms with Crippen molar-refractivity contribution >= 4 is 0 Å². The van der Waals surface area contributed by atoms with Crippen LogP contribution in [0.3, 0.4) is 0 Å². The highest BCUT2D eigenvalue weighted by Gasteiger charge is 2.21. The number of phenolic OH excluding ortho intramolecular Hbond substituents is 1. The van der Waals surface area contributed by atoms with Crippen molar-refractivity contribution < 1.29 is 14.6 Å². The van der Waals surface area contributed by atoms with Gasteiger partial charge in [-0.2, -0.15) is 0 Å². The third-order valence-corrected chi connectivity index (χ3v) is 2.73. The predicted octanol–water partition coefficient (Wildman–Crippen LogP) is 0.677. The van der Waals surface area contributed by atoms with E-state index in [4.69, 9.17) is 20.3 Å². The van der Waals surface area contributed by atoms with Gasteiger partial charge >= 0.3 is 0 Å². The highest BCUT2D eigenvalue weighted by Crippen LogP contribution is 2.13. The summed E-state index contributed by atoms with van der Waals surface area (Å²) in [5, 5.41) is 9.16. The molecule has 3 N–H and O–H groups in total. The topological polar surface area (TPSA) is 64.7 Å². The Labute approximate surface area is 95.0 Å². The Morgan fingerprint density at radius 2 is 2.06 bits per heavy atom. The fraction of sp³-hybridized carbons (Fsp3) is 0.500. The number of phenols is 1. The van der Waals surface area contributed by atoms with Gasteiger partial charge in [-0.15, -0.1) is 0 Å². The van der Waals surface area contributed by atoms with Gasteiger partial charge in [-0.1, -0.05) is 12.1 Å². The minimum absolute atomic E-state index is 0.0254. The van der Waals surface area contributed by atoms with Crippen LogP contribution in [0.4, 0.5) is 0 Å². The molecule has 0 saturated carbocycles. The molecule has 2 unspecified atom stereocenters. The van der Waals surface area contributed by atoms with Crippen LogP contribution in [0.15, 0.2) is 24.3 Å². The molecule has 0 bridgehead atoms. The van der Waals surface area contributed by atoms with Crippen molar-refractivity contribution in [3.63, 3.8) is 0 Å². The summed E-state index contributed by atoms with van der Waals surface area (Å²) in [4.78, 5) is 0. The summed E-state index contributed by atoms with van der Waals surface area (Å²) in [6.07, 6.45) is 0.705. The van der Waals surface area contributed by atoms with Gasteiger partial charge in [0.2, 0.25) is 0 Å². The Morgan fingerprint density at radius 1 is 1.31 bits per heavy atom. The van der Waals surface area contributed by atoms with Crippen LogP contribution >= 0.6 is 0 Å². The number of hydrogen-bond acceptors (Lipinski definition) is 4. The SMILES string of the molecule is NC(Cc1ccc(O)cc1)C1COCCO1. The van der Waals surface area contributed by atoms with E-state index in [9.17, 15) is 0 Å². The third kappa shape index (κ3) is 2.95. The first-order chi connectivity index (χ1) is 7.75. The zero-order valence-electron chi connectivity index (χ0n) is 9.13. The van der Waals surface area contributed by atoms with Crippen molar-refractivity contribution in [3.8, 4) is 5.75 Å². The second kappa shape index (κ2) is 5.30. The van der Waals surface area contributed by atoms with Crippen LogP contribution in [0.1, 0.15) is 5.56 Å². The average molecular weight is 223 g/mol. The molecular weight excluding hydrogens is 206 g/mol. The average Bonchev–Trinajstić information content (AvgIpc) is 2.33. The lowest BCUT2D eigenvalue weighted by atomic mass is 10.0. The van der Waals surface area contributed by atoms with Crippen molar-refractivity contribution in [2.45, 2.75) is 18.6 Å². The van der Waals surface area contributed by atoms with Crippen LogP contribution in [0.2, 0.25) is 0 Å². The molecule has 1 fully saturated rings. The van der Waals surface area contributed by atoms with E-state index in [0.717, 1.165) is 12.0 Å². The van der Waals surface area contributed by atoms with Gasteiger partial charge in [-0.25, -0.2) is 0 Å². The van der Waals surface area contributed by atoms with E-state index >= 15 is 0 Å². The molecule has 88 valence electrons. The molecule has 1 aliphatic rings. The zero-order chi connectivity index (χ0) is 11.4. The normalized spacial score (nSPS) is 22.9. The number of rotatable bonds is 3. The summed E-state index contributed by atoms with van der Waals surface area (Å²) < 4.78 is 10.9. The van der Waals surface area contributed by atoms with Gasteiger partial charge in [-0.05, 0) is 24.1 Å². The number of aromatic hydroxyl groups is 1. The van der Waals surface area contributed by atoms with E-state index < -0.39 is 0 Å². The largest absolute Gasteiger partial charge is 0.508 e. The molecule has 16 heavy (non-hydrogen) atoms. The molecule has 2 rings (SSSR count). The Morgan fingerprint density at radius 3 is 2.69 bits per heavy atom. The summed E-state index contributed by atoms with van der Waals surface area (Å²) in [7, 11) is 0. The number of nitrogens with two attached hydrogens (primary N) is 1. The van der Waals surface area contributed by atoms with E-state index in [-0.39, 0.29) is 17.9 Å². The van der Waals surface area contributed by atoms with Gasteiger partial charge in [0.1, 0.15) is 5.75 Å². The van der Waals surface area contributed by atoms with Crippen LogP contribution in [0, 0.1) is 0 Å². The Hall–Kier alpha value is -1.10. The lowest BCUT2D eigenvalue weighted by molar-refractivity contribution is -0.0967. The summed E-state index contributed by atoms with van der Waals surface area (Å²) in [5.41, 5.74) is 7.15. The maximum Gasteiger partial charge on any atom is 0.115 e. The zero-order valence-corrected chi connectivity index (χ0v) is 9.13. The maximum atomic E-state index is 9.16. The lowest BCUT2D eigenvalue weighted by Gasteiger charge is -2.28. The molecule has 1 aromatic carbocycles. The summed E-state index contributed by atoms with van der Waals surface area (Å²) in [6, 6.07) is 7.02. The molecule has 2 atom stereocenters. The van der Waals surface area contributed by atoms with Crippen molar-refractivity contribution in [3.05, 3.63) is 29.8 Å². The number of benzene rings is 1. The Bertz CT molecular complexity index is 320. The second-order valence-electron chi connectivity index (χ2n) is 4.02. The highest BCUT2D eigenvalue weighted by molar-refractivity contribution is 5.26. The molecule has 0 spiro atoms. The highest BCUT2D eigenvalue weighted by atomic mass is 16.6. The molecule has 1 saturated heterocycles. The summed E-state index contributed by atoms with van der Waals surface area (Å²) in [5.74, 6) is 0.273. The lowest BCUT2D eigenvalue weighted by Crippen LogP contribution is -2.44. The standard InChI is InChI=1S/C12H17NO3/c13-11(12-8-15-5-6-16-12)7-9-1-3-10(14)4-2-9/h1-4,11-12,14H,5-8,13H2. The fourth-order valence-corrected chi connectivity index (χ4v) is 1.79. The van der Waals surface area contributed by atoms with Crippen molar-refractivity contribution in [2.24, 2.45) is 5.73 Å². The van der Waals surface area contributed by atoms with Crippen LogP contribution in [0.25, 0.3) is 0 Å². The van der Waals surface area contributed by atoms with E-state index in [0.29, 0.717) is 19.8 Å². The van der Waals surface area contributed by atoms with E-state index in [1.54, 1.807) is 12.1 Å². The molecule has 0 amide bonds. The Kier molecular flexibility index (Phi) is 3.77. The van der Waals surface area contributed by atoms with Crippen LogP contribution < -0.4 is 5.73 Å². The fourth-order valence-electron chi connectivity index (χ4n) is 1.79. The summed E-state index contributed by atoms with van der Waals surface area (Å²) >= 11 is 0. The van der Waals surface area contributed by atoms with Crippen LogP contribution in [-0.4, -0.2) is 37.1 Å². The number of ether oxygens (including phenoxy) is 2.